The van der Waals surface area contributed by atoms with Crippen LogP contribution in [0.3, 0.4) is 0 Å². The first kappa shape index (κ1) is 23.9. The number of rotatable bonds is 6. The molecule has 2 aliphatic rings. The van der Waals surface area contributed by atoms with Gasteiger partial charge in [-0.25, -0.2) is 4.79 Å². The van der Waals surface area contributed by atoms with Gasteiger partial charge in [-0.05, 0) is 12.1 Å². The van der Waals surface area contributed by atoms with Crippen LogP contribution in [0.1, 0.15) is 10.4 Å². The molecule has 0 aliphatic carbocycles. The third-order valence-electron chi connectivity index (χ3n) is 5.17. The van der Waals surface area contributed by atoms with E-state index in [1.54, 1.807) is 18.2 Å². The number of carbonyl (C=O) groups is 1. The SMILES string of the molecule is O=C(OC[C@H]1O[C@H](OC[C@H]2OC(O)[C@H](O)[C@@H](O)[C@H]2O)[C@H](O)[C@@H](O)[C@H]1O)c1ccccc1. The largest absolute Gasteiger partial charge is 0.459 e. The number of benzene rings is 1. The number of aliphatic hydroxyl groups excluding tert-OH is 7. The van der Waals surface area contributed by atoms with Gasteiger partial charge in [0.2, 0.25) is 0 Å². The van der Waals surface area contributed by atoms with E-state index in [4.69, 9.17) is 18.9 Å². The summed E-state index contributed by atoms with van der Waals surface area (Å²) in [6.45, 7) is -0.965. The molecule has 2 saturated heterocycles. The normalized spacial score (nSPS) is 41.0. The Balaban J connectivity index is 1.57. The molecule has 3 rings (SSSR count). The number of ether oxygens (including phenoxy) is 4. The van der Waals surface area contributed by atoms with Crippen molar-refractivity contribution >= 4 is 5.97 Å². The van der Waals surface area contributed by atoms with Gasteiger partial charge in [-0.15, -0.1) is 0 Å². The van der Waals surface area contributed by atoms with E-state index in [1.807, 2.05) is 0 Å². The molecule has 0 spiro atoms. The predicted molar refractivity (Wildman–Crippen MR) is 98.3 cm³/mol. The average molecular weight is 446 g/mol. The summed E-state index contributed by atoms with van der Waals surface area (Å²) in [4.78, 5) is 12.1. The van der Waals surface area contributed by atoms with Crippen LogP contribution in [0.2, 0.25) is 0 Å². The van der Waals surface area contributed by atoms with Crippen molar-refractivity contribution in [1.29, 1.82) is 0 Å². The Morgan fingerprint density at radius 2 is 1.32 bits per heavy atom. The smallest absolute Gasteiger partial charge is 0.338 e. The molecule has 12 nitrogen and oxygen atoms in total. The molecule has 0 saturated carbocycles. The molecule has 0 amide bonds. The molecule has 2 heterocycles. The van der Waals surface area contributed by atoms with Gasteiger partial charge in [0.25, 0.3) is 0 Å². The van der Waals surface area contributed by atoms with E-state index in [0.29, 0.717) is 0 Å². The zero-order valence-electron chi connectivity index (χ0n) is 16.2. The molecule has 10 atom stereocenters. The second kappa shape index (κ2) is 10.3. The highest BCUT2D eigenvalue weighted by atomic mass is 16.7. The van der Waals surface area contributed by atoms with E-state index >= 15 is 0 Å². The van der Waals surface area contributed by atoms with Crippen LogP contribution in [0.25, 0.3) is 0 Å². The number of hydrogen-bond acceptors (Lipinski definition) is 12. The maximum Gasteiger partial charge on any atom is 0.338 e. The van der Waals surface area contributed by atoms with Gasteiger partial charge in [0, 0.05) is 0 Å². The molecule has 12 heteroatoms. The van der Waals surface area contributed by atoms with Crippen LogP contribution in [0.5, 0.6) is 0 Å². The van der Waals surface area contributed by atoms with E-state index in [2.05, 4.69) is 0 Å². The van der Waals surface area contributed by atoms with Crippen LogP contribution in [-0.4, -0.2) is 116 Å². The average Bonchev–Trinajstić information content (AvgIpc) is 2.78. The lowest BCUT2D eigenvalue weighted by Gasteiger charge is -2.42. The van der Waals surface area contributed by atoms with Crippen LogP contribution in [0, 0.1) is 0 Å². The fourth-order valence-corrected chi connectivity index (χ4v) is 3.27. The Hall–Kier alpha value is -1.71. The Kier molecular flexibility index (Phi) is 7.93. The molecular formula is C19H26O12. The minimum atomic E-state index is -1.78. The second-order valence-electron chi connectivity index (χ2n) is 7.35. The summed E-state index contributed by atoms with van der Waals surface area (Å²) < 4.78 is 20.8. The number of carbonyl (C=O) groups excluding carboxylic acids is 1. The Morgan fingerprint density at radius 3 is 1.97 bits per heavy atom. The quantitative estimate of drug-likeness (QED) is 0.213. The fourth-order valence-electron chi connectivity index (χ4n) is 3.27. The highest BCUT2D eigenvalue weighted by Crippen LogP contribution is 2.25. The van der Waals surface area contributed by atoms with Crippen molar-refractivity contribution in [1.82, 2.24) is 0 Å². The molecule has 1 aromatic carbocycles. The van der Waals surface area contributed by atoms with Crippen LogP contribution in [0.4, 0.5) is 0 Å². The maximum atomic E-state index is 12.1. The van der Waals surface area contributed by atoms with Crippen LogP contribution < -0.4 is 0 Å². The van der Waals surface area contributed by atoms with Crippen molar-refractivity contribution in [3.05, 3.63) is 35.9 Å². The highest BCUT2D eigenvalue weighted by molar-refractivity contribution is 5.89. The van der Waals surface area contributed by atoms with Crippen LogP contribution in [0.15, 0.2) is 30.3 Å². The summed E-state index contributed by atoms with van der Waals surface area (Å²) in [6, 6.07) is 8.05. The molecule has 0 aromatic heterocycles. The van der Waals surface area contributed by atoms with E-state index in [1.165, 1.54) is 12.1 Å². The van der Waals surface area contributed by atoms with Crippen molar-refractivity contribution in [2.45, 2.75) is 61.4 Å². The van der Waals surface area contributed by atoms with E-state index in [0.717, 1.165) is 0 Å². The minimum Gasteiger partial charge on any atom is -0.459 e. The zero-order chi connectivity index (χ0) is 22.7. The molecule has 31 heavy (non-hydrogen) atoms. The Bertz CT molecular complexity index is 717. The number of aliphatic hydroxyl groups is 7. The van der Waals surface area contributed by atoms with E-state index in [-0.39, 0.29) is 5.56 Å². The molecule has 2 fully saturated rings. The summed E-state index contributed by atoms with van der Waals surface area (Å²) in [5.74, 6) is -0.685. The Labute approximate surface area is 176 Å². The highest BCUT2D eigenvalue weighted by Gasteiger charge is 2.47. The van der Waals surface area contributed by atoms with Gasteiger partial charge in [-0.1, -0.05) is 18.2 Å². The first-order chi connectivity index (χ1) is 14.7. The lowest BCUT2D eigenvalue weighted by atomic mass is 9.98. The van der Waals surface area contributed by atoms with Crippen molar-refractivity contribution in [2.75, 3.05) is 13.2 Å². The van der Waals surface area contributed by atoms with Crippen LogP contribution in [-0.2, 0) is 18.9 Å². The number of esters is 1. The van der Waals surface area contributed by atoms with E-state index in [9.17, 15) is 40.5 Å². The fraction of sp³-hybridized carbons (Fsp3) is 0.632. The Morgan fingerprint density at radius 1 is 0.742 bits per heavy atom. The summed E-state index contributed by atoms with van der Waals surface area (Å²) in [6.07, 6.45) is -15.8. The van der Waals surface area contributed by atoms with Gasteiger partial charge < -0.3 is 54.7 Å². The molecular weight excluding hydrogens is 420 g/mol. The van der Waals surface area contributed by atoms with Gasteiger partial charge in [-0.2, -0.15) is 0 Å². The lowest BCUT2D eigenvalue weighted by molar-refractivity contribution is -0.325. The van der Waals surface area contributed by atoms with E-state index < -0.39 is 80.6 Å². The second-order valence-corrected chi connectivity index (χ2v) is 7.35. The number of hydrogen-bond donors (Lipinski definition) is 7. The molecule has 174 valence electrons. The minimum absolute atomic E-state index is 0.268. The molecule has 7 N–H and O–H groups in total. The summed E-state index contributed by atoms with van der Waals surface area (Å²) in [5, 5.41) is 69.0. The third-order valence-corrected chi connectivity index (χ3v) is 5.17. The van der Waals surface area contributed by atoms with Crippen molar-refractivity contribution in [3.63, 3.8) is 0 Å². The van der Waals surface area contributed by atoms with Gasteiger partial charge in [-0.3, -0.25) is 0 Å². The molecule has 1 aromatic rings. The molecule has 1 unspecified atom stereocenters. The van der Waals surface area contributed by atoms with Gasteiger partial charge in [0.05, 0.1) is 12.2 Å². The maximum absolute atomic E-state index is 12.1. The lowest BCUT2D eigenvalue weighted by Crippen LogP contribution is -2.61. The van der Waals surface area contributed by atoms with Crippen molar-refractivity contribution in [3.8, 4) is 0 Å². The first-order valence-corrected chi connectivity index (χ1v) is 9.62. The standard InChI is InChI=1S/C19H26O12/c20-11-9(30-18(27)15(24)13(11)22)7-29-19-16(25)14(23)12(21)10(31-19)6-28-17(26)8-4-2-1-3-5-8/h1-5,9-16,18-25,27H,6-7H2/t9-,10-,11+,12+,13+,14+,15-,16-,18?,19+/m1/s1. The monoisotopic (exact) mass is 446 g/mol. The van der Waals surface area contributed by atoms with Crippen LogP contribution >= 0.6 is 0 Å². The summed E-state index contributed by atoms with van der Waals surface area (Å²) in [5.41, 5.74) is 0.268. The molecule has 0 radical (unpaired) electrons. The third kappa shape index (κ3) is 5.38. The topological polar surface area (TPSA) is 196 Å². The van der Waals surface area contributed by atoms with Gasteiger partial charge >= 0.3 is 5.97 Å². The first-order valence-electron chi connectivity index (χ1n) is 9.62. The van der Waals surface area contributed by atoms with Gasteiger partial charge in [0.15, 0.2) is 12.6 Å². The van der Waals surface area contributed by atoms with Gasteiger partial charge in [0.1, 0.15) is 55.4 Å². The van der Waals surface area contributed by atoms with Crippen molar-refractivity contribution < 1.29 is 59.5 Å². The predicted octanol–water partition coefficient (Wildman–Crippen LogP) is -3.53. The van der Waals surface area contributed by atoms with Crippen molar-refractivity contribution in [2.24, 2.45) is 0 Å². The summed E-state index contributed by atoms with van der Waals surface area (Å²) >= 11 is 0. The zero-order valence-corrected chi connectivity index (χ0v) is 16.2. The molecule has 0 bridgehead atoms. The summed E-state index contributed by atoms with van der Waals surface area (Å²) in [7, 11) is 0. The molecule has 2 aliphatic heterocycles.